The number of nitrogen functional groups attached to an aromatic ring is 1. The third-order valence-corrected chi connectivity index (χ3v) is 3.92. The summed E-state index contributed by atoms with van der Waals surface area (Å²) in [5, 5.41) is 9.17. The lowest BCUT2D eigenvalue weighted by molar-refractivity contribution is 0.171. The molecule has 4 N–H and O–H groups in total. The van der Waals surface area contributed by atoms with Crippen molar-refractivity contribution in [3.05, 3.63) is 18.3 Å². The second kappa shape index (κ2) is 5.41. The average molecular weight is 260 g/mol. The Bertz CT molecular complexity index is 458. The van der Waals surface area contributed by atoms with Crippen molar-refractivity contribution in [2.24, 2.45) is 5.84 Å². The van der Waals surface area contributed by atoms with E-state index in [9.17, 15) is 8.42 Å². The number of pyridine rings is 1. The summed E-state index contributed by atoms with van der Waals surface area (Å²) < 4.78 is 25.1. The maximum atomic E-state index is 12.0. The van der Waals surface area contributed by atoms with Crippen LogP contribution in [0.25, 0.3) is 0 Å². The van der Waals surface area contributed by atoms with E-state index in [1.807, 2.05) is 0 Å². The molecule has 96 valence electrons. The summed E-state index contributed by atoms with van der Waals surface area (Å²) in [7, 11) is -2.22. The largest absolute Gasteiger partial charge is 0.392 e. The first kappa shape index (κ1) is 13.8. The van der Waals surface area contributed by atoms with Gasteiger partial charge in [0.1, 0.15) is 10.7 Å². The fourth-order valence-corrected chi connectivity index (χ4v) is 2.47. The zero-order valence-electron chi connectivity index (χ0n) is 9.66. The van der Waals surface area contributed by atoms with Gasteiger partial charge in [0.25, 0.3) is 0 Å². The van der Waals surface area contributed by atoms with Crippen LogP contribution >= 0.6 is 0 Å². The number of nitrogens with one attached hydrogen (secondary N) is 1. The number of aliphatic hydroxyl groups is 1. The quantitative estimate of drug-likeness (QED) is 0.480. The predicted octanol–water partition coefficient (Wildman–Crippen LogP) is -0.631. The minimum atomic E-state index is -3.62. The molecule has 0 radical (unpaired) electrons. The maximum absolute atomic E-state index is 12.0. The third kappa shape index (κ3) is 3.37. The van der Waals surface area contributed by atoms with Crippen LogP contribution in [0.15, 0.2) is 23.2 Å². The van der Waals surface area contributed by atoms with Crippen LogP contribution in [-0.2, 0) is 10.0 Å². The highest BCUT2D eigenvalue weighted by molar-refractivity contribution is 7.89. The van der Waals surface area contributed by atoms with Gasteiger partial charge in [-0.2, -0.15) is 4.31 Å². The van der Waals surface area contributed by atoms with Gasteiger partial charge in [-0.15, -0.1) is 0 Å². The standard InChI is InChI=1S/C9H16N4O3S/c1-7(14)6-13(2)17(15,16)8-3-4-9(12-10)11-5-8/h3-5,7,14H,6,10H2,1-2H3,(H,11,12). The first-order valence-corrected chi connectivity index (χ1v) is 6.39. The van der Waals surface area contributed by atoms with Crippen molar-refractivity contribution in [2.45, 2.75) is 17.9 Å². The topological polar surface area (TPSA) is 109 Å². The molecule has 0 amide bonds. The van der Waals surface area contributed by atoms with Crippen LogP contribution < -0.4 is 11.3 Å². The Morgan fingerprint density at radius 2 is 2.24 bits per heavy atom. The molecule has 0 saturated carbocycles. The minimum absolute atomic E-state index is 0.0270. The lowest BCUT2D eigenvalue weighted by atomic mass is 10.4. The van der Waals surface area contributed by atoms with E-state index in [1.165, 1.54) is 32.3 Å². The van der Waals surface area contributed by atoms with Gasteiger partial charge >= 0.3 is 0 Å². The van der Waals surface area contributed by atoms with Crippen LogP contribution in [0.5, 0.6) is 0 Å². The Balaban J connectivity index is 2.96. The maximum Gasteiger partial charge on any atom is 0.244 e. The summed E-state index contributed by atoms with van der Waals surface area (Å²) in [5.41, 5.74) is 2.31. The molecular formula is C9H16N4O3S. The van der Waals surface area contributed by atoms with Crippen molar-refractivity contribution in [1.82, 2.24) is 9.29 Å². The monoisotopic (exact) mass is 260 g/mol. The highest BCUT2D eigenvalue weighted by Gasteiger charge is 2.22. The van der Waals surface area contributed by atoms with Gasteiger partial charge in [0.05, 0.1) is 6.10 Å². The molecule has 0 aliphatic heterocycles. The summed E-state index contributed by atoms with van der Waals surface area (Å²) in [6.45, 7) is 1.55. The number of anilines is 1. The molecule has 0 fully saturated rings. The van der Waals surface area contributed by atoms with Crippen LogP contribution in [0.1, 0.15) is 6.92 Å². The number of likely N-dealkylation sites (N-methyl/N-ethyl adjacent to an activating group) is 1. The summed E-state index contributed by atoms with van der Waals surface area (Å²) in [4.78, 5) is 3.88. The second-order valence-electron chi connectivity index (χ2n) is 3.66. The zero-order valence-corrected chi connectivity index (χ0v) is 10.5. The molecule has 1 atom stereocenters. The first-order chi connectivity index (χ1) is 7.87. The Morgan fingerprint density at radius 3 is 2.65 bits per heavy atom. The molecule has 1 aromatic rings. The Hall–Kier alpha value is -1.22. The van der Waals surface area contributed by atoms with E-state index in [0.717, 1.165) is 4.31 Å². The molecule has 1 rings (SSSR count). The van der Waals surface area contributed by atoms with Crippen molar-refractivity contribution in [2.75, 3.05) is 19.0 Å². The van der Waals surface area contributed by atoms with Crippen molar-refractivity contribution in [1.29, 1.82) is 0 Å². The molecule has 8 heteroatoms. The number of aliphatic hydroxyl groups excluding tert-OH is 1. The van der Waals surface area contributed by atoms with Crippen LogP contribution in [0.2, 0.25) is 0 Å². The zero-order chi connectivity index (χ0) is 13.1. The fraction of sp³-hybridized carbons (Fsp3) is 0.444. The van der Waals surface area contributed by atoms with Crippen molar-refractivity contribution in [3.8, 4) is 0 Å². The number of nitrogens with two attached hydrogens (primary N) is 1. The lowest BCUT2D eigenvalue weighted by Crippen LogP contribution is -2.33. The smallest absolute Gasteiger partial charge is 0.244 e. The SMILES string of the molecule is CC(O)CN(C)S(=O)(=O)c1ccc(NN)nc1. The van der Waals surface area contributed by atoms with Gasteiger partial charge in [-0.1, -0.05) is 0 Å². The number of aromatic nitrogens is 1. The van der Waals surface area contributed by atoms with Crippen LogP contribution in [0.3, 0.4) is 0 Å². The fourth-order valence-electron chi connectivity index (χ4n) is 1.27. The molecule has 0 aliphatic rings. The molecule has 0 aromatic carbocycles. The van der Waals surface area contributed by atoms with Gasteiger partial charge in [-0.3, -0.25) is 0 Å². The summed E-state index contributed by atoms with van der Waals surface area (Å²) in [6.07, 6.45) is 0.482. The number of nitrogens with zero attached hydrogens (tertiary/aromatic N) is 2. The molecule has 7 nitrogen and oxygen atoms in total. The second-order valence-corrected chi connectivity index (χ2v) is 5.70. The van der Waals surface area contributed by atoms with Crippen molar-refractivity contribution in [3.63, 3.8) is 0 Å². The highest BCUT2D eigenvalue weighted by Crippen LogP contribution is 2.14. The number of hydrazine groups is 1. The molecule has 0 aliphatic carbocycles. The summed E-state index contributed by atoms with van der Waals surface area (Å²) in [6, 6.07) is 2.86. The van der Waals surface area contributed by atoms with Gasteiger partial charge in [0.2, 0.25) is 10.0 Å². The molecule has 1 aromatic heterocycles. The van der Waals surface area contributed by atoms with Gasteiger partial charge in [-0.05, 0) is 19.1 Å². The molecule has 0 spiro atoms. The Kier molecular flexibility index (Phi) is 4.40. The lowest BCUT2D eigenvalue weighted by Gasteiger charge is -2.18. The van der Waals surface area contributed by atoms with E-state index >= 15 is 0 Å². The van der Waals surface area contributed by atoms with Gasteiger partial charge in [0.15, 0.2) is 0 Å². The van der Waals surface area contributed by atoms with E-state index in [1.54, 1.807) is 0 Å². The van der Waals surface area contributed by atoms with E-state index in [2.05, 4.69) is 10.4 Å². The van der Waals surface area contributed by atoms with Gasteiger partial charge in [0, 0.05) is 19.8 Å². The summed E-state index contributed by atoms with van der Waals surface area (Å²) >= 11 is 0. The molecule has 0 bridgehead atoms. The van der Waals surface area contributed by atoms with E-state index < -0.39 is 16.1 Å². The first-order valence-electron chi connectivity index (χ1n) is 4.95. The minimum Gasteiger partial charge on any atom is -0.392 e. The molecule has 1 heterocycles. The van der Waals surface area contributed by atoms with Crippen molar-refractivity contribution >= 4 is 15.8 Å². The number of sulfonamides is 1. The number of hydrogen-bond acceptors (Lipinski definition) is 6. The summed E-state index contributed by atoms with van der Waals surface area (Å²) in [5.74, 6) is 5.51. The Labute approximate surface area is 100 Å². The molecule has 17 heavy (non-hydrogen) atoms. The van der Waals surface area contributed by atoms with Gasteiger partial charge < -0.3 is 10.5 Å². The molecule has 0 saturated heterocycles. The predicted molar refractivity (Wildman–Crippen MR) is 63.5 cm³/mol. The van der Waals surface area contributed by atoms with E-state index in [4.69, 9.17) is 10.9 Å². The van der Waals surface area contributed by atoms with E-state index in [-0.39, 0.29) is 11.4 Å². The number of hydrogen-bond donors (Lipinski definition) is 3. The van der Waals surface area contributed by atoms with E-state index in [0.29, 0.717) is 5.82 Å². The van der Waals surface area contributed by atoms with Crippen molar-refractivity contribution < 1.29 is 13.5 Å². The van der Waals surface area contributed by atoms with Gasteiger partial charge in [-0.25, -0.2) is 19.2 Å². The van der Waals surface area contributed by atoms with Crippen LogP contribution in [0, 0.1) is 0 Å². The molecular weight excluding hydrogens is 244 g/mol. The van der Waals surface area contributed by atoms with Crippen LogP contribution in [-0.4, -0.2) is 42.5 Å². The van der Waals surface area contributed by atoms with Crippen LogP contribution in [0.4, 0.5) is 5.82 Å². The average Bonchev–Trinajstić information content (AvgIpc) is 2.28. The Morgan fingerprint density at radius 1 is 1.59 bits per heavy atom. The highest BCUT2D eigenvalue weighted by atomic mass is 32.2. The normalized spacial score (nSPS) is 13.7. The molecule has 1 unspecified atom stereocenters. The third-order valence-electron chi connectivity index (χ3n) is 2.11. The number of rotatable bonds is 5.